The van der Waals surface area contributed by atoms with E-state index in [4.69, 9.17) is 0 Å². The first kappa shape index (κ1) is 18.4. The third kappa shape index (κ3) is 3.34. The quantitative estimate of drug-likeness (QED) is 0.829. The minimum atomic E-state index is -4.40. The van der Waals surface area contributed by atoms with Gasteiger partial charge in [-0.25, -0.2) is 9.97 Å². The van der Waals surface area contributed by atoms with Gasteiger partial charge in [0.2, 0.25) is 0 Å². The van der Waals surface area contributed by atoms with Gasteiger partial charge in [0, 0.05) is 17.7 Å². The van der Waals surface area contributed by atoms with Gasteiger partial charge in [-0.2, -0.15) is 13.2 Å². The molecule has 0 spiro atoms. The Labute approximate surface area is 156 Å². The molecule has 0 radical (unpaired) electrons. The maximum atomic E-state index is 12.8. The number of aromatic nitrogens is 2. The zero-order valence-electron chi connectivity index (χ0n) is 14.3. The van der Waals surface area contributed by atoms with Gasteiger partial charge in [-0.3, -0.25) is 4.21 Å². The Morgan fingerprint density at radius 1 is 1.19 bits per heavy atom. The van der Waals surface area contributed by atoms with E-state index in [0.29, 0.717) is 34.1 Å². The fourth-order valence-electron chi connectivity index (χ4n) is 3.40. The van der Waals surface area contributed by atoms with Crippen LogP contribution in [0.15, 0.2) is 29.2 Å². The monoisotopic (exact) mass is 397 g/mol. The number of anilines is 1. The summed E-state index contributed by atoms with van der Waals surface area (Å²) in [5, 5.41) is 13.0. The predicted octanol–water partition coefficient (Wildman–Crippen LogP) is 3.15. The van der Waals surface area contributed by atoms with Gasteiger partial charge in [-0.05, 0) is 31.4 Å². The van der Waals surface area contributed by atoms with E-state index in [1.54, 1.807) is 0 Å². The van der Waals surface area contributed by atoms with Crippen molar-refractivity contribution in [3.8, 4) is 11.4 Å². The topological polar surface area (TPSA) is 75.1 Å². The number of halogens is 3. The zero-order valence-corrected chi connectivity index (χ0v) is 15.2. The lowest BCUT2D eigenvalue weighted by molar-refractivity contribution is -0.137. The van der Waals surface area contributed by atoms with Crippen molar-refractivity contribution in [2.45, 2.75) is 42.3 Å². The molecule has 1 saturated carbocycles. The van der Waals surface area contributed by atoms with Crippen LogP contribution in [0.25, 0.3) is 11.4 Å². The van der Waals surface area contributed by atoms with Crippen molar-refractivity contribution in [3.63, 3.8) is 0 Å². The standard InChI is InChI=1S/C18H18F3N3O2S/c19-18(20,21)12-4-2-11(3-5-12)15-22-13-6-9-27(26)14(13)16(23-15)24-17(10-25)7-1-8-17/h2-5,25H,1,6-10H2,(H,22,23,24). The Morgan fingerprint density at radius 3 is 2.44 bits per heavy atom. The first-order chi connectivity index (χ1) is 12.8. The normalized spacial score (nSPS) is 20.8. The molecule has 1 unspecified atom stereocenters. The second kappa shape index (κ2) is 6.56. The molecule has 1 aromatic heterocycles. The molecule has 27 heavy (non-hydrogen) atoms. The molecule has 2 aliphatic rings. The maximum Gasteiger partial charge on any atom is 0.416 e. The fourth-order valence-corrected chi connectivity index (χ4v) is 4.70. The van der Waals surface area contributed by atoms with Crippen molar-refractivity contribution >= 4 is 16.6 Å². The van der Waals surface area contributed by atoms with E-state index < -0.39 is 28.1 Å². The number of nitrogens with zero attached hydrogens (tertiary/aromatic N) is 2. The minimum Gasteiger partial charge on any atom is -0.394 e. The number of aryl methyl sites for hydroxylation is 1. The molecule has 9 heteroatoms. The lowest BCUT2D eigenvalue weighted by Crippen LogP contribution is -2.48. The highest BCUT2D eigenvalue weighted by molar-refractivity contribution is 7.85. The zero-order chi connectivity index (χ0) is 19.2. The number of fused-ring (bicyclic) bond motifs is 1. The van der Waals surface area contributed by atoms with E-state index in [0.717, 1.165) is 31.4 Å². The highest BCUT2D eigenvalue weighted by atomic mass is 32.2. The summed E-state index contributed by atoms with van der Waals surface area (Å²) in [4.78, 5) is 9.45. The lowest BCUT2D eigenvalue weighted by Gasteiger charge is -2.41. The highest BCUT2D eigenvalue weighted by Crippen LogP contribution is 2.38. The molecule has 2 heterocycles. The summed E-state index contributed by atoms with van der Waals surface area (Å²) in [5.41, 5.74) is -0.112. The summed E-state index contributed by atoms with van der Waals surface area (Å²) in [6.45, 7) is -0.0615. The molecule has 5 nitrogen and oxygen atoms in total. The Hall–Kier alpha value is -2.00. The first-order valence-electron chi connectivity index (χ1n) is 8.67. The van der Waals surface area contributed by atoms with E-state index in [2.05, 4.69) is 15.3 Å². The molecular formula is C18H18F3N3O2S. The van der Waals surface area contributed by atoms with Crippen LogP contribution in [-0.4, -0.2) is 37.2 Å². The van der Waals surface area contributed by atoms with Gasteiger partial charge in [0.15, 0.2) is 5.82 Å². The predicted molar refractivity (Wildman–Crippen MR) is 94.7 cm³/mol. The number of hydrogen-bond donors (Lipinski definition) is 2. The van der Waals surface area contributed by atoms with Crippen molar-refractivity contribution in [2.24, 2.45) is 0 Å². The number of rotatable bonds is 4. The Balaban J connectivity index is 1.74. The molecule has 1 aliphatic heterocycles. The van der Waals surface area contributed by atoms with Crippen molar-refractivity contribution in [1.82, 2.24) is 9.97 Å². The van der Waals surface area contributed by atoms with Crippen molar-refractivity contribution in [3.05, 3.63) is 35.5 Å². The maximum absolute atomic E-state index is 12.8. The van der Waals surface area contributed by atoms with Crippen LogP contribution in [0.5, 0.6) is 0 Å². The van der Waals surface area contributed by atoms with Gasteiger partial charge < -0.3 is 10.4 Å². The molecule has 2 N–H and O–H groups in total. The average molecular weight is 397 g/mol. The Kier molecular flexibility index (Phi) is 4.46. The minimum absolute atomic E-state index is 0.0615. The molecule has 1 aromatic carbocycles. The molecule has 1 fully saturated rings. The van der Waals surface area contributed by atoms with Gasteiger partial charge in [0.25, 0.3) is 0 Å². The second-order valence-corrected chi connectivity index (χ2v) is 8.47. The molecule has 0 saturated heterocycles. The summed E-state index contributed by atoms with van der Waals surface area (Å²) in [6, 6.07) is 4.67. The van der Waals surface area contributed by atoms with Gasteiger partial charge in [0.1, 0.15) is 10.7 Å². The highest BCUT2D eigenvalue weighted by Gasteiger charge is 2.39. The van der Waals surface area contributed by atoms with E-state index >= 15 is 0 Å². The van der Waals surface area contributed by atoms with E-state index in [9.17, 15) is 22.5 Å². The smallest absolute Gasteiger partial charge is 0.394 e. The molecule has 4 rings (SSSR count). The van der Waals surface area contributed by atoms with Crippen LogP contribution < -0.4 is 5.32 Å². The third-order valence-corrected chi connectivity index (χ3v) is 6.61. The lowest BCUT2D eigenvalue weighted by atomic mass is 9.77. The van der Waals surface area contributed by atoms with Crippen LogP contribution in [0.2, 0.25) is 0 Å². The molecule has 2 aromatic rings. The van der Waals surface area contributed by atoms with E-state index in [1.807, 2.05) is 0 Å². The summed E-state index contributed by atoms with van der Waals surface area (Å²) < 4.78 is 50.7. The largest absolute Gasteiger partial charge is 0.416 e. The number of benzene rings is 1. The molecule has 144 valence electrons. The molecule has 0 bridgehead atoms. The summed E-state index contributed by atoms with van der Waals surface area (Å²) in [7, 11) is -1.22. The number of hydrogen-bond acceptors (Lipinski definition) is 5. The third-order valence-electron chi connectivity index (χ3n) is 5.15. The number of alkyl halides is 3. The van der Waals surface area contributed by atoms with Gasteiger partial charge in [0.05, 0.1) is 34.2 Å². The molecular weight excluding hydrogens is 379 g/mol. The van der Waals surface area contributed by atoms with Crippen LogP contribution >= 0.6 is 0 Å². The van der Waals surface area contributed by atoms with Gasteiger partial charge in [-0.1, -0.05) is 12.1 Å². The average Bonchev–Trinajstić information content (AvgIpc) is 2.99. The Morgan fingerprint density at radius 2 is 1.89 bits per heavy atom. The van der Waals surface area contributed by atoms with Crippen LogP contribution in [0.1, 0.15) is 30.5 Å². The number of nitrogens with one attached hydrogen (secondary N) is 1. The van der Waals surface area contributed by atoms with Crippen molar-refractivity contribution in [1.29, 1.82) is 0 Å². The van der Waals surface area contributed by atoms with Crippen molar-refractivity contribution in [2.75, 3.05) is 17.7 Å². The summed E-state index contributed by atoms with van der Waals surface area (Å²) >= 11 is 0. The van der Waals surface area contributed by atoms with Crippen LogP contribution in [0.3, 0.4) is 0 Å². The van der Waals surface area contributed by atoms with Crippen LogP contribution in [-0.2, 0) is 23.4 Å². The number of aliphatic hydroxyl groups is 1. The molecule has 1 atom stereocenters. The van der Waals surface area contributed by atoms with Crippen LogP contribution in [0, 0.1) is 0 Å². The molecule has 1 aliphatic carbocycles. The van der Waals surface area contributed by atoms with E-state index in [1.165, 1.54) is 12.1 Å². The van der Waals surface area contributed by atoms with Gasteiger partial charge in [-0.15, -0.1) is 0 Å². The van der Waals surface area contributed by atoms with Gasteiger partial charge >= 0.3 is 6.18 Å². The Bertz CT molecular complexity index is 890. The summed E-state index contributed by atoms with van der Waals surface area (Å²) in [5.74, 6) is 1.15. The summed E-state index contributed by atoms with van der Waals surface area (Å²) in [6.07, 6.45) is -1.33. The second-order valence-electron chi connectivity index (χ2n) is 6.96. The van der Waals surface area contributed by atoms with Crippen molar-refractivity contribution < 1.29 is 22.5 Å². The SMILES string of the molecule is O=S1CCc2nc(-c3ccc(C(F)(F)F)cc3)nc(NC3(CO)CCC3)c21. The molecule has 0 amide bonds. The number of aliphatic hydroxyl groups excluding tert-OH is 1. The first-order valence-corrected chi connectivity index (χ1v) is 9.99. The fraction of sp³-hybridized carbons (Fsp3) is 0.444. The van der Waals surface area contributed by atoms with E-state index in [-0.39, 0.29) is 12.4 Å². The van der Waals surface area contributed by atoms with Crippen LogP contribution in [0.4, 0.5) is 19.0 Å².